The lowest BCUT2D eigenvalue weighted by Crippen LogP contribution is -2.56. The second kappa shape index (κ2) is 5.31. The molecular formula is C21H34O2. The van der Waals surface area contributed by atoms with Crippen molar-refractivity contribution in [3.63, 3.8) is 0 Å². The molecule has 0 spiro atoms. The molecule has 0 aromatic rings. The average Bonchev–Trinajstić information content (AvgIpc) is 2.49. The van der Waals surface area contributed by atoms with Gasteiger partial charge in [-0.25, -0.2) is 0 Å². The minimum absolute atomic E-state index is 0.0220. The van der Waals surface area contributed by atoms with Gasteiger partial charge in [-0.05, 0) is 93.8 Å². The summed E-state index contributed by atoms with van der Waals surface area (Å²) in [6, 6.07) is 0. The van der Waals surface area contributed by atoms with E-state index in [9.17, 15) is 9.90 Å². The molecule has 4 fully saturated rings. The summed E-state index contributed by atoms with van der Waals surface area (Å²) in [4.78, 5) is 12.7. The molecule has 1 N–H and O–H groups in total. The Morgan fingerprint density at radius 2 is 1.70 bits per heavy atom. The maximum absolute atomic E-state index is 12.7. The summed E-state index contributed by atoms with van der Waals surface area (Å²) in [5, 5.41) is 10.5. The highest BCUT2D eigenvalue weighted by Gasteiger charge is 2.57. The molecule has 0 aromatic carbocycles. The van der Waals surface area contributed by atoms with Crippen molar-refractivity contribution in [2.45, 2.75) is 84.2 Å². The molecule has 4 aliphatic carbocycles. The summed E-state index contributed by atoms with van der Waals surface area (Å²) in [7, 11) is 0. The fourth-order valence-corrected chi connectivity index (χ4v) is 7.53. The second-order valence-corrected chi connectivity index (χ2v) is 9.99. The molecule has 4 rings (SSSR count). The second-order valence-electron chi connectivity index (χ2n) is 9.99. The van der Waals surface area contributed by atoms with Crippen molar-refractivity contribution in [1.29, 1.82) is 0 Å². The zero-order valence-corrected chi connectivity index (χ0v) is 15.2. The van der Waals surface area contributed by atoms with Crippen LogP contribution in [0.25, 0.3) is 0 Å². The van der Waals surface area contributed by atoms with Gasteiger partial charge in [-0.15, -0.1) is 0 Å². The first-order valence-corrected chi connectivity index (χ1v) is 10.1. The molecule has 23 heavy (non-hydrogen) atoms. The van der Waals surface area contributed by atoms with E-state index in [4.69, 9.17) is 0 Å². The van der Waals surface area contributed by atoms with Gasteiger partial charge in [0.15, 0.2) is 0 Å². The molecule has 8 atom stereocenters. The SMILES string of the molecule is C[C@@H]1CCC(=O)[C@@]2(C)CC[C@H]3[C@@H](CC[C@H]4C[C@](C)(O)CC[C@@H]43)[C@H]12. The number of carbonyl (C=O) groups is 1. The van der Waals surface area contributed by atoms with Crippen LogP contribution in [0.2, 0.25) is 0 Å². The lowest BCUT2D eigenvalue weighted by Gasteiger charge is -2.59. The van der Waals surface area contributed by atoms with Gasteiger partial charge in [0.1, 0.15) is 5.78 Å². The molecule has 0 aromatic heterocycles. The molecule has 4 saturated carbocycles. The molecule has 2 nitrogen and oxygen atoms in total. The topological polar surface area (TPSA) is 37.3 Å². The van der Waals surface area contributed by atoms with Crippen molar-refractivity contribution in [1.82, 2.24) is 0 Å². The van der Waals surface area contributed by atoms with Crippen LogP contribution in [-0.2, 0) is 4.79 Å². The van der Waals surface area contributed by atoms with Crippen LogP contribution in [0, 0.1) is 40.9 Å². The van der Waals surface area contributed by atoms with Gasteiger partial charge < -0.3 is 5.11 Å². The summed E-state index contributed by atoms with van der Waals surface area (Å²) < 4.78 is 0. The highest BCUT2D eigenvalue weighted by molar-refractivity contribution is 5.85. The molecule has 0 amide bonds. The first kappa shape index (κ1) is 16.1. The van der Waals surface area contributed by atoms with E-state index in [2.05, 4.69) is 13.8 Å². The van der Waals surface area contributed by atoms with Gasteiger partial charge in [-0.2, -0.15) is 0 Å². The molecule has 0 radical (unpaired) electrons. The van der Waals surface area contributed by atoms with Crippen molar-refractivity contribution in [2.24, 2.45) is 40.9 Å². The monoisotopic (exact) mass is 318 g/mol. The van der Waals surface area contributed by atoms with Crippen LogP contribution in [-0.4, -0.2) is 16.5 Å². The van der Waals surface area contributed by atoms with Gasteiger partial charge in [-0.1, -0.05) is 13.8 Å². The molecule has 0 aliphatic heterocycles. The van der Waals surface area contributed by atoms with Crippen molar-refractivity contribution in [3.05, 3.63) is 0 Å². The van der Waals surface area contributed by atoms with Crippen molar-refractivity contribution >= 4 is 5.78 Å². The zero-order valence-electron chi connectivity index (χ0n) is 15.2. The summed E-state index contributed by atoms with van der Waals surface area (Å²) >= 11 is 0. The number of aliphatic hydroxyl groups is 1. The van der Waals surface area contributed by atoms with Crippen molar-refractivity contribution < 1.29 is 9.90 Å². The summed E-state index contributed by atoms with van der Waals surface area (Å²) in [5.74, 6) is 5.07. The minimum atomic E-state index is -0.425. The smallest absolute Gasteiger partial charge is 0.139 e. The van der Waals surface area contributed by atoms with E-state index in [0.717, 1.165) is 55.8 Å². The van der Waals surface area contributed by atoms with Gasteiger partial charge in [0, 0.05) is 11.8 Å². The molecule has 0 bridgehead atoms. The van der Waals surface area contributed by atoms with Crippen LogP contribution >= 0.6 is 0 Å². The number of carbonyl (C=O) groups excluding carboxylic acids is 1. The van der Waals surface area contributed by atoms with E-state index >= 15 is 0 Å². The molecule has 130 valence electrons. The third kappa shape index (κ3) is 2.42. The third-order valence-electron chi connectivity index (χ3n) is 8.57. The van der Waals surface area contributed by atoms with E-state index < -0.39 is 5.60 Å². The fourth-order valence-electron chi connectivity index (χ4n) is 7.53. The van der Waals surface area contributed by atoms with Crippen LogP contribution in [0.3, 0.4) is 0 Å². The summed E-state index contributed by atoms with van der Waals surface area (Å²) in [5.41, 5.74) is -0.447. The van der Waals surface area contributed by atoms with Crippen LogP contribution < -0.4 is 0 Å². The van der Waals surface area contributed by atoms with E-state index in [-0.39, 0.29) is 5.41 Å². The van der Waals surface area contributed by atoms with Gasteiger partial charge >= 0.3 is 0 Å². The number of fused-ring (bicyclic) bond motifs is 5. The van der Waals surface area contributed by atoms with Gasteiger partial charge in [0.25, 0.3) is 0 Å². The number of hydrogen-bond acceptors (Lipinski definition) is 2. The van der Waals surface area contributed by atoms with Crippen molar-refractivity contribution in [3.8, 4) is 0 Å². The van der Waals surface area contributed by atoms with E-state index in [1.54, 1.807) is 0 Å². The van der Waals surface area contributed by atoms with Crippen LogP contribution in [0.5, 0.6) is 0 Å². The van der Waals surface area contributed by atoms with Crippen molar-refractivity contribution in [2.75, 3.05) is 0 Å². The Balaban J connectivity index is 1.60. The fraction of sp³-hybridized carbons (Fsp3) is 0.952. The molecule has 0 heterocycles. The Bertz CT molecular complexity index is 496. The average molecular weight is 319 g/mol. The maximum Gasteiger partial charge on any atom is 0.139 e. The van der Waals surface area contributed by atoms with Crippen LogP contribution in [0.15, 0.2) is 0 Å². The Morgan fingerprint density at radius 3 is 2.48 bits per heavy atom. The molecule has 2 heteroatoms. The predicted octanol–water partition coefficient (Wildman–Crippen LogP) is 4.60. The quantitative estimate of drug-likeness (QED) is 0.709. The number of rotatable bonds is 0. The summed E-state index contributed by atoms with van der Waals surface area (Å²) in [6.07, 6.45) is 10.1. The van der Waals surface area contributed by atoms with Crippen LogP contribution in [0.1, 0.15) is 78.6 Å². The molecular weight excluding hydrogens is 284 g/mol. The normalized spacial score (nSPS) is 56.4. The number of hydrogen-bond donors (Lipinski definition) is 1. The standard InChI is InChI=1S/C21H34O2/c1-13-4-7-18(22)21(3)11-9-16-15-8-10-20(2,23)12-14(15)5-6-17(16)19(13)21/h13-17,19,23H,4-12H2,1-3H3/t13-,14+,15+,16-,17-,19+,20-,21-/m1/s1. The number of ketones is 1. The first-order valence-electron chi connectivity index (χ1n) is 10.1. The summed E-state index contributed by atoms with van der Waals surface area (Å²) in [6.45, 7) is 6.74. The zero-order chi connectivity index (χ0) is 16.4. The Labute approximate surface area is 141 Å². The van der Waals surface area contributed by atoms with E-state index in [1.807, 2.05) is 6.92 Å². The van der Waals surface area contributed by atoms with Crippen LogP contribution in [0.4, 0.5) is 0 Å². The maximum atomic E-state index is 12.7. The lowest BCUT2D eigenvalue weighted by atomic mass is 9.45. The van der Waals surface area contributed by atoms with Gasteiger partial charge in [-0.3, -0.25) is 4.79 Å². The highest BCUT2D eigenvalue weighted by atomic mass is 16.3. The van der Waals surface area contributed by atoms with Gasteiger partial charge in [0.2, 0.25) is 0 Å². The Morgan fingerprint density at radius 1 is 0.957 bits per heavy atom. The Kier molecular flexibility index (Phi) is 3.72. The first-order chi connectivity index (χ1) is 10.8. The van der Waals surface area contributed by atoms with E-state index in [0.29, 0.717) is 17.6 Å². The lowest BCUT2D eigenvalue weighted by molar-refractivity contribution is -0.155. The molecule has 0 saturated heterocycles. The molecule has 0 unspecified atom stereocenters. The van der Waals surface area contributed by atoms with E-state index in [1.165, 1.54) is 25.7 Å². The third-order valence-corrected chi connectivity index (χ3v) is 8.57. The van der Waals surface area contributed by atoms with Gasteiger partial charge in [0.05, 0.1) is 5.60 Å². The number of Topliss-reactive ketones (excluding diaryl/α,β-unsaturated/α-hetero) is 1. The minimum Gasteiger partial charge on any atom is -0.390 e. The predicted molar refractivity (Wildman–Crippen MR) is 91.9 cm³/mol. The molecule has 4 aliphatic rings. The largest absolute Gasteiger partial charge is 0.390 e. The Hall–Kier alpha value is -0.370. The highest BCUT2D eigenvalue weighted by Crippen LogP contribution is 2.62.